The van der Waals surface area contributed by atoms with Gasteiger partial charge in [-0.1, -0.05) is 42.5 Å². The molecule has 0 bridgehead atoms. The smallest absolute Gasteiger partial charge is 0.123 e. The van der Waals surface area contributed by atoms with E-state index in [0.717, 1.165) is 43.9 Å². The van der Waals surface area contributed by atoms with E-state index in [4.69, 9.17) is 4.74 Å². The number of rotatable bonds is 8. The number of nitrogens with zero attached hydrogens (tertiary/aromatic N) is 2. The molecule has 162 valence electrons. The molecule has 1 atom stereocenters. The maximum Gasteiger partial charge on any atom is 0.123 e. The third kappa shape index (κ3) is 6.29. The monoisotopic (exact) mass is 420 g/mol. The summed E-state index contributed by atoms with van der Waals surface area (Å²) in [6.45, 7) is 4.63. The van der Waals surface area contributed by atoms with Crippen molar-refractivity contribution in [2.24, 2.45) is 0 Å². The molecule has 4 rings (SSSR count). The largest absolute Gasteiger partial charge is 0.491 e. The molecule has 1 saturated heterocycles. The minimum atomic E-state index is -0.502. The van der Waals surface area contributed by atoms with Gasteiger partial charge in [-0.15, -0.1) is 0 Å². The van der Waals surface area contributed by atoms with Crippen LogP contribution >= 0.6 is 0 Å². The lowest BCUT2D eigenvalue weighted by Crippen LogP contribution is -2.49. The predicted octanol–water partition coefficient (Wildman–Crippen LogP) is 3.98. The van der Waals surface area contributed by atoms with E-state index < -0.39 is 6.10 Å². The van der Waals surface area contributed by atoms with Crippen LogP contribution in [0.3, 0.4) is 0 Å². The minimum absolute atomic E-state index is 0.200. The second kappa shape index (κ2) is 10.4. The molecule has 0 aromatic heterocycles. The van der Waals surface area contributed by atoms with Gasteiger partial charge in [0, 0.05) is 38.4 Å². The molecule has 1 N–H and O–H groups in total. The fourth-order valence-corrected chi connectivity index (χ4v) is 3.91. The van der Waals surface area contributed by atoms with Crippen molar-refractivity contribution in [3.8, 4) is 5.75 Å². The SMILES string of the molecule is OC(COc1ccccc1)CN1CCN(c2ccc(Cc3ccc(F)cc3)cc2)CC1. The Bertz CT molecular complexity index is 924. The molecule has 0 saturated carbocycles. The van der Waals surface area contributed by atoms with E-state index in [0.29, 0.717) is 13.2 Å². The fraction of sp³-hybridized carbons (Fsp3) is 0.308. The average molecular weight is 421 g/mol. The summed E-state index contributed by atoms with van der Waals surface area (Å²) in [7, 11) is 0. The summed E-state index contributed by atoms with van der Waals surface area (Å²) in [4.78, 5) is 4.67. The summed E-state index contributed by atoms with van der Waals surface area (Å²) in [5, 5.41) is 10.3. The van der Waals surface area contributed by atoms with Crippen LogP contribution in [0, 0.1) is 5.82 Å². The van der Waals surface area contributed by atoms with Crippen LogP contribution in [0.4, 0.5) is 10.1 Å². The topological polar surface area (TPSA) is 35.9 Å². The van der Waals surface area contributed by atoms with E-state index in [-0.39, 0.29) is 5.82 Å². The Balaban J connectivity index is 1.21. The van der Waals surface area contributed by atoms with Crippen molar-refractivity contribution in [3.05, 3.63) is 95.8 Å². The predicted molar refractivity (Wildman–Crippen MR) is 122 cm³/mol. The molecule has 0 radical (unpaired) electrons. The zero-order valence-electron chi connectivity index (χ0n) is 17.7. The molecule has 31 heavy (non-hydrogen) atoms. The first-order chi connectivity index (χ1) is 15.2. The second-order valence-electron chi connectivity index (χ2n) is 8.04. The third-order valence-electron chi connectivity index (χ3n) is 5.65. The van der Waals surface area contributed by atoms with Gasteiger partial charge in [-0.25, -0.2) is 4.39 Å². The molecule has 0 aliphatic carbocycles. The number of aliphatic hydroxyl groups excluding tert-OH is 1. The van der Waals surface area contributed by atoms with Crippen molar-refractivity contribution in [3.63, 3.8) is 0 Å². The molecule has 1 aliphatic heterocycles. The van der Waals surface area contributed by atoms with Crippen molar-refractivity contribution >= 4 is 5.69 Å². The van der Waals surface area contributed by atoms with E-state index in [9.17, 15) is 9.50 Å². The first-order valence-corrected chi connectivity index (χ1v) is 10.8. The molecule has 4 nitrogen and oxygen atoms in total. The van der Waals surface area contributed by atoms with E-state index in [1.54, 1.807) is 0 Å². The lowest BCUT2D eigenvalue weighted by molar-refractivity contribution is 0.0663. The van der Waals surface area contributed by atoms with E-state index in [1.807, 2.05) is 42.5 Å². The number of ether oxygens (including phenoxy) is 1. The highest BCUT2D eigenvalue weighted by atomic mass is 19.1. The summed E-state index contributed by atoms with van der Waals surface area (Å²) >= 11 is 0. The van der Waals surface area contributed by atoms with Gasteiger partial charge in [-0.2, -0.15) is 0 Å². The van der Waals surface area contributed by atoms with Gasteiger partial charge < -0.3 is 14.7 Å². The highest BCUT2D eigenvalue weighted by Gasteiger charge is 2.19. The second-order valence-corrected chi connectivity index (χ2v) is 8.04. The van der Waals surface area contributed by atoms with Crippen molar-refractivity contribution in [2.75, 3.05) is 44.2 Å². The zero-order valence-corrected chi connectivity index (χ0v) is 17.7. The first-order valence-electron chi connectivity index (χ1n) is 10.8. The van der Waals surface area contributed by atoms with E-state index in [1.165, 1.54) is 23.4 Å². The molecule has 0 spiro atoms. The van der Waals surface area contributed by atoms with Crippen LogP contribution in [0.5, 0.6) is 5.75 Å². The van der Waals surface area contributed by atoms with Crippen LogP contribution in [-0.4, -0.2) is 55.4 Å². The Labute approximate surface area is 183 Å². The Kier molecular flexibility index (Phi) is 7.18. The molecule has 5 heteroatoms. The number of piperazine rings is 1. The van der Waals surface area contributed by atoms with Gasteiger partial charge in [0.2, 0.25) is 0 Å². The van der Waals surface area contributed by atoms with Crippen molar-refractivity contribution in [1.82, 2.24) is 4.90 Å². The van der Waals surface area contributed by atoms with Gasteiger partial charge in [0.25, 0.3) is 0 Å². The minimum Gasteiger partial charge on any atom is -0.491 e. The standard InChI is InChI=1S/C26H29FN2O2/c27-23-10-6-21(7-11-23)18-22-8-12-24(13-9-22)29-16-14-28(15-17-29)19-25(30)20-31-26-4-2-1-3-5-26/h1-13,25,30H,14-20H2. The molecule has 1 heterocycles. The molecule has 3 aromatic carbocycles. The third-order valence-corrected chi connectivity index (χ3v) is 5.65. The van der Waals surface area contributed by atoms with Crippen LogP contribution in [-0.2, 0) is 6.42 Å². The van der Waals surface area contributed by atoms with E-state index in [2.05, 4.69) is 34.1 Å². The Hall–Kier alpha value is -2.89. The van der Waals surface area contributed by atoms with Crippen molar-refractivity contribution in [2.45, 2.75) is 12.5 Å². The van der Waals surface area contributed by atoms with Gasteiger partial charge >= 0.3 is 0 Å². The average Bonchev–Trinajstić information content (AvgIpc) is 2.81. The van der Waals surface area contributed by atoms with E-state index >= 15 is 0 Å². The molecule has 1 fully saturated rings. The van der Waals surface area contributed by atoms with Gasteiger partial charge in [0.15, 0.2) is 0 Å². The lowest BCUT2D eigenvalue weighted by Gasteiger charge is -2.37. The number of β-amino-alcohol motifs (C(OH)–C–C–N with tert-alkyl or cyclic N) is 1. The molecule has 3 aromatic rings. The van der Waals surface area contributed by atoms with Crippen LogP contribution in [0.15, 0.2) is 78.9 Å². The summed E-state index contributed by atoms with van der Waals surface area (Å²) in [5.74, 6) is 0.587. The van der Waals surface area contributed by atoms with Crippen LogP contribution in [0.2, 0.25) is 0 Å². The van der Waals surface area contributed by atoms with Crippen LogP contribution in [0.1, 0.15) is 11.1 Å². The highest BCUT2D eigenvalue weighted by molar-refractivity contribution is 5.48. The Morgan fingerprint density at radius 2 is 1.42 bits per heavy atom. The number of aliphatic hydroxyl groups is 1. The number of hydrogen-bond acceptors (Lipinski definition) is 4. The maximum atomic E-state index is 13.1. The van der Waals surface area contributed by atoms with Crippen molar-refractivity contribution < 1.29 is 14.2 Å². The Morgan fingerprint density at radius 3 is 2.06 bits per heavy atom. The highest BCUT2D eigenvalue weighted by Crippen LogP contribution is 2.19. The number of anilines is 1. The Morgan fingerprint density at radius 1 is 0.806 bits per heavy atom. The van der Waals surface area contributed by atoms with Gasteiger partial charge in [0.1, 0.15) is 24.3 Å². The number of hydrogen-bond donors (Lipinski definition) is 1. The summed E-state index contributed by atoms with van der Waals surface area (Å²) in [5.41, 5.74) is 3.54. The van der Waals surface area contributed by atoms with Gasteiger partial charge in [-0.3, -0.25) is 4.90 Å². The van der Waals surface area contributed by atoms with Gasteiger partial charge in [0.05, 0.1) is 0 Å². The maximum absolute atomic E-state index is 13.1. The molecular formula is C26H29FN2O2. The van der Waals surface area contributed by atoms with Crippen LogP contribution < -0.4 is 9.64 Å². The first kappa shape index (κ1) is 21.3. The normalized spacial score (nSPS) is 15.6. The quantitative estimate of drug-likeness (QED) is 0.598. The molecular weight excluding hydrogens is 391 g/mol. The van der Waals surface area contributed by atoms with Gasteiger partial charge in [-0.05, 0) is 53.9 Å². The molecule has 1 unspecified atom stereocenters. The molecule has 1 aliphatic rings. The zero-order chi connectivity index (χ0) is 21.5. The number of benzene rings is 3. The summed E-state index contributed by atoms with van der Waals surface area (Å²) in [6.07, 6.45) is 0.301. The lowest BCUT2D eigenvalue weighted by atomic mass is 10.0. The molecule has 0 amide bonds. The van der Waals surface area contributed by atoms with Crippen molar-refractivity contribution in [1.29, 1.82) is 0 Å². The summed E-state index contributed by atoms with van der Waals surface area (Å²) < 4.78 is 18.7. The fourth-order valence-electron chi connectivity index (χ4n) is 3.91. The van der Waals surface area contributed by atoms with Crippen LogP contribution in [0.25, 0.3) is 0 Å². The summed E-state index contributed by atoms with van der Waals surface area (Å²) in [6, 6.07) is 24.9. The number of para-hydroxylation sites is 1. The number of halogens is 1.